The lowest BCUT2D eigenvalue weighted by atomic mass is 10.1. The molecule has 80 valence electrons. The first kappa shape index (κ1) is 10.2. The lowest BCUT2D eigenvalue weighted by molar-refractivity contribution is 0.805. The first-order valence-electron chi connectivity index (χ1n) is 4.69. The molecule has 2 N–H and O–H groups in total. The first-order chi connectivity index (χ1) is 7.31. The van der Waals surface area contributed by atoms with E-state index < -0.39 is 0 Å². The largest absolute Gasteiger partial charge is 0.362 e. The minimum atomic E-state index is 0.187. The lowest BCUT2D eigenvalue weighted by Crippen LogP contribution is -2.07. The molecule has 0 aliphatic carbocycles. The molecule has 2 heterocycles. The summed E-state index contributed by atoms with van der Waals surface area (Å²) in [5, 5.41) is 14.2. The number of tetrazole rings is 1. The number of aromatic amines is 2. The molecule has 2 aromatic heterocycles. The summed E-state index contributed by atoms with van der Waals surface area (Å²) in [7, 11) is 0. The minimum absolute atomic E-state index is 0.187. The van der Waals surface area contributed by atoms with E-state index in [1.807, 2.05) is 6.92 Å². The minimum Gasteiger partial charge on any atom is -0.362 e. The van der Waals surface area contributed by atoms with Crippen LogP contribution in [0.2, 0.25) is 0 Å². The number of hydrogen-bond donors (Lipinski definition) is 2. The van der Waals surface area contributed by atoms with Crippen molar-refractivity contribution in [2.45, 2.75) is 12.8 Å². The van der Waals surface area contributed by atoms with Crippen LogP contribution in [0.4, 0.5) is 0 Å². The van der Waals surface area contributed by atoms with Crippen LogP contribution in [-0.4, -0.2) is 37.6 Å². The van der Waals surface area contributed by atoms with E-state index in [1.165, 1.54) is 0 Å². The molecule has 0 fully saturated rings. The maximum Gasteiger partial charge on any atom is 0.184 e. The Balaban J connectivity index is 2.27. The second-order valence-corrected chi connectivity index (χ2v) is 4.29. The van der Waals surface area contributed by atoms with Gasteiger partial charge in [0.05, 0.1) is 5.92 Å². The van der Waals surface area contributed by atoms with E-state index in [0.717, 1.165) is 23.0 Å². The molecular weight excluding hydrogens is 210 g/mol. The summed E-state index contributed by atoms with van der Waals surface area (Å²) >= 11 is 1.77. The second kappa shape index (κ2) is 4.48. The molecule has 5 nitrogen and oxygen atoms in total. The molecule has 1 atom stereocenters. The Morgan fingerprint density at radius 1 is 1.47 bits per heavy atom. The Labute approximate surface area is 92.1 Å². The number of rotatable bonds is 4. The van der Waals surface area contributed by atoms with Gasteiger partial charge in [-0.1, -0.05) is 5.21 Å². The molecule has 1 unspecified atom stereocenters. The van der Waals surface area contributed by atoms with E-state index in [2.05, 4.69) is 44.0 Å². The van der Waals surface area contributed by atoms with Gasteiger partial charge >= 0.3 is 0 Å². The quantitative estimate of drug-likeness (QED) is 0.820. The van der Waals surface area contributed by atoms with Crippen LogP contribution < -0.4 is 0 Å². The second-order valence-electron chi connectivity index (χ2n) is 3.37. The van der Waals surface area contributed by atoms with Crippen molar-refractivity contribution in [3.05, 3.63) is 29.3 Å². The average Bonchev–Trinajstić information content (AvgIpc) is 2.85. The number of H-pyrrole nitrogens is 2. The van der Waals surface area contributed by atoms with Crippen LogP contribution >= 0.6 is 11.8 Å². The van der Waals surface area contributed by atoms with Crippen molar-refractivity contribution in [2.24, 2.45) is 0 Å². The lowest BCUT2D eigenvalue weighted by Gasteiger charge is -2.09. The van der Waals surface area contributed by atoms with E-state index in [4.69, 9.17) is 0 Å². The van der Waals surface area contributed by atoms with Crippen LogP contribution in [0.25, 0.3) is 0 Å². The van der Waals surface area contributed by atoms with Gasteiger partial charge in [0.15, 0.2) is 5.82 Å². The summed E-state index contributed by atoms with van der Waals surface area (Å²) in [6.07, 6.45) is 2.07. The summed E-state index contributed by atoms with van der Waals surface area (Å²) in [5.41, 5.74) is 2.29. The number of aryl methyl sites for hydroxylation is 1. The Bertz CT molecular complexity index is 408. The smallest absolute Gasteiger partial charge is 0.184 e. The molecule has 0 aliphatic heterocycles. The molecule has 0 bridgehead atoms. The van der Waals surface area contributed by atoms with Crippen LogP contribution in [-0.2, 0) is 0 Å². The predicted octanol–water partition coefficient (Wildman–Crippen LogP) is 1.33. The molecule has 0 spiro atoms. The molecule has 2 aromatic rings. The fourth-order valence-electron chi connectivity index (χ4n) is 1.52. The van der Waals surface area contributed by atoms with Crippen molar-refractivity contribution < 1.29 is 0 Å². The van der Waals surface area contributed by atoms with Crippen molar-refractivity contribution in [2.75, 3.05) is 12.0 Å². The Morgan fingerprint density at radius 2 is 2.33 bits per heavy atom. The van der Waals surface area contributed by atoms with Crippen molar-refractivity contribution in [3.63, 3.8) is 0 Å². The maximum atomic E-state index is 4.04. The van der Waals surface area contributed by atoms with E-state index in [9.17, 15) is 0 Å². The highest BCUT2D eigenvalue weighted by Crippen LogP contribution is 2.23. The number of nitrogens with zero attached hydrogens (tertiary/aromatic N) is 3. The zero-order chi connectivity index (χ0) is 10.7. The van der Waals surface area contributed by atoms with Gasteiger partial charge < -0.3 is 4.98 Å². The molecule has 6 heteroatoms. The zero-order valence-electron chi connectivity index (χ0n) is 8.69. The number of aromatic nitrogens is 5. The SMILES string of the molecule is CSCC(c1nn[nH]n1)c1ccc(C)[nH]1. The van der Waals surface area contributed by atoms with Gasteiger partial charge in [-0.15, -0.1) is 10.2 Å². The maximum absolute atomic E-state index is 4.04. The summed E-state index contributed by atoms with van der Waals surface area (Å²) in [5.74, 6) is 1.87. The highest BCUT2D eigenvalue weighted by Gasteiger charge is 2.19. The highest BCUT2D eigenvalue weighted by molar-refractivity contribution is 7.98. The van der Waals surface area contributed by atoms with Crippen molar-refractivity contribution in [1.82, 2.24) is 25.6 Å². The highest BCUT2D eigenvalue weighted by atomic mass is 32.2. The van der Waals surface area contributed by atoms with Gasteiger partial charge in [-0.3, -0.25) is 0 Å². The number of thioether (sulfide) groups is 1. The summed E-state index contributed by atoms with van der Waals surface area (Å²) in [6, 6.07) is 4.13. The molecular formula is C9H13N5S. The predicted molar refractivity (Wildman–Crippen MR) is 59.9 cm³/mol. The molecule has 0 aromatic carbocycles. The van der Waals surface area contributed by atoms with Crippen molar-refractivity contribution >= 4 is 11.8 Å². The van der Waals surface area contributed by atoms with Gasteiger partial charge in [-0.25, -0.2) is 0 Å². The number of hydrogen-bond acceptors (Lipinski definition) is 4. The average molecular weight is 223 g/mol. The first-order valence-corrected chi connectivity index (χ1v) is 6.08. The third-order valence-electron chi connectivity index (χ3n) is 2.24. The Kier molecular flexibility index (Phi) is 3.05. The van der Waals surface area contributed by atoms with Crippen molar-refractivity contribution in [1.29, 1.82) is 0 Å². The third kappa shape index (κ3) is 2.20. The fraction of sp³-hybridized carbons (Fsp3) is 0.444. The standard InChI is InChI=1S/C9H13N5S/c1-6-3-4-8(10-6)7(5-15-2)9-11-13-14-12-9/h3-4,7,10H,5H2,1-2H3,(H,11,12,13,14). The monoisotopic (exact) mass is 223 g/mol. The van der Waals surface area contributed by atoms with E-state index in [1.54, 1.807) is 11.8 Å². The fourth-order valence-corrected chi connectivity index (χ4v) is 2.18. The van der Waals surface area contributed by atoms with Gasteiger partial charge in [0.2, 0.25) is 0 Å². The molecule has 0 saturated carbocycles. The molecule has 0 radical (unpaired) electrons. The molecule has 0 aliphatic rings. The van der Waals surface area contributed by atoms with Gasteiger partial charge in [0.25, 0.3) is 0 Å². The van der Waals surface area contributed by atoms with Crippen LogP contribution in [0.5, 0.6) is 0 Å². The van der Waals surface area contributed by atoms with Gasteiger partial charge in [-0.2, -0.15) is 17.0 Å². The third-order valence-corrected chi connectivity index (χ3v) is 2.90. The number of nitrogens with one attached hydrogen (secondary N) is 2. The summed E-state index contributed by atoms with van der Waals surface area (Å²) < 4.78 is 0. The van der Waals surface area contributed by atoms with Crippen LogP contribution in [0.15, 0.2) is 12.1 Å². The Morgan fingerprint density at radius 3 is 2.87 bits per heavy atom. The van der Waals surface area contributed by atoms with Crippen LogP contribution in [0.1, 0.15) is 23.1 Å². The van der Waals surface area contributed by atoms with E-state index in [-0.39, 0.29) is 5.92 Å². The zero-order valence-corrected chi connectivity index (χ0v) is 9.51. The van der Waals surface area contributed by atoms with Gasteiger partial charge in [-0.05, 0) is 25.3 Å². The van der Waals surface area contributed by atoms with Gasteiger partial charge in [0, 0.05) is 17.1 Å². The van der Waals surface area contributed by atoms with Crippen LogP contribution in [0, 0.1) is 6.92 Å². The molecule has 15 heavy (non-hydrogen) atoms. The van der Waals surface area contributed by atoms with Crippen LogP contribution in [0.3, 0.4) is 0 Å². The summed E-state index contributed by atoms with van der Waals surface area (Å²) in [4.78, 5) is 3.31. The Hall–Kier alpha value is -1.30. The molecule has 0 amide bonds. The van der Waals surface area contributed by atoms with Crippen molar-refractivity contribution in [3.8, 4) is 0 Å². The normalized spacial score (nSPS) is 12.9. The summed E-state index contributed by atoms with van der Waals surface area (Å²) in [6.45, 7) is 2.04. The molecule has 0 saturated heterocycles. The molecule has 2 rings (SSSR count). The topological polar surface area (TPSA) is 70.2 Å². The van der Waals surface area contributed by atoms with E-state index >= 15 is 0 Å². The van der Waals surface area contributed by atoms with E-state index in [0.29, 0.717) is 0 Å². The van der Waals surface area contributed by atoms with Gasteiger partial charge in [0.1, 0.15) is 0 Å².